The van der Waals surface area contributed by atoms with Crippen molar-refractivity contribution in [3.05, 3.63) is 13.2 Å². The molecule has 4 unspecified atom stereocenters. The monoisotopic (exact) mass is 225 g/mol. The van der Waals surface area contributed by atoms with E-state index in [1.807, 2.05) is 0 Å². The summed E-state index contributed by atoms with van der Waals surface area (Å²) < 4.78 is 0. The predicted octanol–water partition coefficient (Wildman–Crippen LogP) is 4.11. The molecule has 1 saturated carbocycles. The zero-order valence-corrected chi connectivity index (χ0v) is 11.8. The van der Waals surface area contributed by atoms with Gasteiger partial charge in [-0.15, -0.1) is 13.2 Å². The van der Waals surface area contributed by atoms with E-state index in [0.717, 1.165) is 23.7 Å². The fourth-order valence-electron chi connectivity index (χ4n) is 2.92. The van der Waals surface area contributed by atoms with E-state index in [1.165, 1.54) is 32.2 Å². The summed E-state index contributed by atoms with van der Waals surface area (Å²) in [5.74, 6) is 3.80. The number of nitrogens with one attached hydrogen (secondary N) is 1. The predicted molar refractivity (Wildman–Crippen MR) is 74.6 cm³/mol. The third-order valence-corrected chi connectivity index (χ3v) is 4.30. The topological polar surface area (TPSA) is 12.0 Å². The second-order valence-corrected chi connectivity index (χ2v) is 5.25. The smallest absolute Gasteiger partial charge is 0.00210 e. The molecule has 0 bridgehead atoms. The molecule has 4 atom stereocenters. The minimum atomic E-state index is 0.912. The molecular formula is C15H31N. The molecule has 1 N–H and O–H groups in total. The molecule has 1 heteroatoms. The fraction of sp³-hybridized carbons (Fsp3) is 0.867. The number of rotatable bonds is 4. The van der Waals surface area contributed by atoms with Gasteiger partial charge in [0.2, 0.25) is 0 Å². The highest BCUT2D eigenvalue weighted by Crippen LogP contribution is 2.37. The average molecular weight is 225 g/mol. The summed E-state index contributed by atoms with van der Waals surface area (Å²) in [4.78, 5) is 0. The molecule has 0 saturated heterocycles. The van der Waals surface area contributed by atoms with Crippen LogP contribution in [0.2, 0.25) is 0 Å². The van der Waals surface area contributed by atoms with Crippen molar-refractivity contribution in [2.24, 2.45) is 23.7 Å². The molecule has 0 aromatic carbocycles. The van der Waals surface area contributed by atoms with E-state index in [-0.39, 0.29) is 0 Å². The van der Waals surface area contributed by atoms with E-state index >= 15 is 0 Å². The first-order valence-corrected chi connectivity index (χ1v) is 6.83. The van der Waals surface area contributed by atoms with Gasteiger partial charge in [0, 0.05) is 0 Å². The van der Waals surface area contributed by atoms with Gasteiger partial charge in [0.15, 0.2) is 0 Å². The van der Waals surface area contributed by atoms with Gasteiger partial charge in [-0.2, -0.15) is 0 Å². The van der Waals surface area contributed by atoms with Crippen LogP contribution in [0.15, 0.2) is 13.2 Å². The lowest BCUT2D eigenvalue weighted by Crippen LogP contribution is -2.31. The first-order valence-electron chi connectivity index (χ1n) is 6.83. The second kappa shape index (κ2) is 8.81. The van der Waals surface area contributed by atoms with E-state index in [1.54, 1.807) is 0 Å². The fourth-order valence-corrected chi connectivity index (χ4v) is 2.92. The Morgan fingerprint density at radius 1 is 1.19 bits per heavy atom. The van der Waals surface area contributed by atoms with E-state index in [2.05, 4.69) is 46.3 Å². The first kappa shape index (κ1) is 15.7. The van der Waals surface area contributed by atoms with Gasteiger partial charge in [-0.25, -0.2) is 0 Å². The second-order valence-electron chi connectivity index (χ2n) is 5.25. The molecule has 0 heterocycles. The lowest BCUT2D eigenvalue weighted by Gasteiger charge is -2.36. The maximum atomic E-state index is 3.34. The van der Waals surface area contributed by atoms with Crippen LogP contribution in [0.4, 0.5) is 0 Å². The molecule has 1 nitrogen and oxygen atoms in total. The Morgan fingerprint density at radius 2 is 1.81 bits per heavy atom. The van der Waals surface area contributed by atoms with E-state index in [9.17, 15) is 0 Å². The summed E-state index contributed by atoms with van der Waals surface area (Å²) in [6.07, 6.45) is 5.71. The molecule has 0 aromatic rings. The van der Waals surface area contributed by atoms with E-state index in [0.29, 0.717) is 0 Å². The van der Waals surface area contributed by atoms with Crippen LogP contribution < -0.4 is 5.32 Å². The summed E-state index contributed by atoms with van der Waals surface area (Å²) in [5, 5.41) is 3.34. The van der Waals surface area contributed by atoms with Crippen LogP contribution in [0.5, 0.6) is 0 Å². The van der Waals surface area contributed by atoms with Crippen LogP contribution in [0.3, 0.4) is 0 Å². The third-order valence-electron chi connectivity index (χ3n) is 4.30. The van der Waals surface area contributed by atoms with Crippen molar-refractivity contribution in [1.29, 1.82) is 0 Å². The molecule has 0 aromatic heterocycles. The molecule has 1 rings (SSSR count). The Kier molecular flexibility index (Phi) is 8.64. The molecule has 1 fully saturated rings. The summed E-state index contributed by atoms with van der Waals surface area (Å²) >= 11 is 0. The Bertz CT molecular complexity index is 167. The highest BCUT2D eigenvalue weighted by Gasteiger charge is 2.28. The summed E-state index contributed by atoms with van der Waals surface area (Å²) in [6.45, 7) is 14.4. The maximum absolute atomic E-state index is 3.34. The van der Waals surface area contributed by atoms with Gasteiger partial charge in [0.1, 0.15) is 0 Å². The van der Waals surface area contributed by atoms with Crippen LogP contribution in [0, 0.1) is 23.7 Å². The van der Waals surface area contributed by atoms with Crippen molar-refractivity contribution in [2.75, 3.05) is 13.6 Å². The summed E-state index contributed by atoms with van der Waals surface area (Å²) in [6, 6.07) is 0. The molecule has 96 valence electrons. The van der Waals surface area contributed by atoms with Crippen molar-refractivity contribution in [3.63, 3.8) is 0 Å². The van der Waals surface area contributed by atoms with Crippen LogP contribution in [-0.2, 0) is 0 Å². The lowest BCUT2D eigenvalue weighted by molar-refractivity contribution is 0.152. The zero-order chi connectivity index (χ0) is 12.6. The minimum absolute atomic E-state index is 0.912. The molecule has 0 amide bonds. The van der Waals surface area contributed by atoms with Crippen molar-refractivity contribution in [2.45, 2.75) is 46.5 Å². The highest BCUT2D eigenvalue weighted by molar-refractivity contribution is 4.80. The zero-order valence-electron chi connectivity index (χ0n) is 11.8. The lowest BCUT2D eigenvalue weighted by atomic mass is 9.70. The van der Waals surface area contributed by atoms with Crippen LogP contribution in [0.25, 0.3) is 0 Å². The Hall–Kier alpha value is -0.300. The highest BCUT2D eigenvalue weighted by atomic mass is 14.8. The number of hydrogen-bond donors (Lipinski definition) is 1. The molecule has 1 aliphatic rings. The van der Waals surface area contributed by atoms with Gasteiger partial charge in [0.25, 0.3) is 0 Å². The van der Waals surface area contributed by atoms with Gasteiger partial charge in [-0.05, 0) is 50.1 Å². The first-order chi connectivity index (χ1) is 7.69. The van der Waals surface area contributed by atoms with Crippen molar-refractivity contribution < 1.29 is 0 Å². The molecule has 0 spiro atoms. The van der Waals surface area contributed by atoms with Crippen LogP contribution in [-0.4, -0.2) is 13.6 Å². The summed E-state index contributed by atoms with van der Waals surface area (Å²) in [7, 11) is 2.08. The Balaban J connectivity index is 0.00000106. The average Bonchev–Trinajstić information content (AvgIpc) is 2.32. The molecule has 16 heavy (non-hydrogen) atoms. The Morgan fingerprint density at radius 3 is 2.25 bits per heavy atom. The molecular weight excluding hydrogens is 194 g/mol. The van der Waals surface area contributed by atoms with E-state index in [4.69, 9.17) is 0 Å². The van der Waals surface area contributed by atoms with Crippen LogP contribution in [0.1, 0.15) is 46.5 Å². The standard InChI is InChI=1S/C13H27N.C2H4/c1-5-12(9-14-4)13-7-6-10(2)11(3)8-13;1-2/h10-14H,5-9H2,1-4H3;1-2H2. The van der Waals surface area contributed by atoms with Gasteiger partial charge in [-0.1, -0.05) is 33.6 Å². The number of hydrogen-bond acceptors (Lipinski definition) is 1. The van der Waals surface area contributed by atoms with Gasteiger partial charge < -0.3 is 5.32 Å². The van der Waals surface area contributed by atoms with Crippen molar-refractivity contribution >= 4 is 0 Å². The van der Waals surface area contributed by atoms with Crippen molar-refractivity contribution in [3.8, 4) is 0 Å². The van der Waals surface area contributed by atoms with Crippen molar-refractivity contribution in [1.82, 2.24) is 5.32 Å². The minimum Gasteiger partial charge on any atom is -0.319 e. The largest absolute Gasteiger partial charge is 0.319 e. The van der Waals surface area contributed by atoms with E-state index < -0.39 is 0 Å². The summed E-state index contributed by atoms with van der Waals surface area (Å²) in [5.41, 5.74) is 0. The van der Waals surface area contributed by atoms with Crippen LogP contribution >= 0.6 is 0 Å². The quantitative estimate of drug-likeness (QED) is 0.710. The molecule has 1 aliphatic carbocycles. The maximum Gasteiger partial charge on any atom is -0.00210 e. The molecule has 0 radical (unpaired) electrons. The molecule has 0 aliphatic heterocycles. The SMILES string of the molecule is C=C.CCC(CNC)C1CCC(C)C(C)C1. The normalized spacial score (nSPS) is 31.4. The van der Waals surface area contributed by atoms with Gasteiger partial charge in [0.05, 0.1) is 0 Å². The van der Waals surface area contributed by atoms with Gasteiger partial charge >= 0.3 is 0 Å². The van der Waals surface area contributed by atoms with Gasteiger partial charge in [-0.3, -0.25) is 0 Å². The third kappa shape index (κ3) is 4.69. The Labute approximate surface area is 103 Å².